The van der Waals surface area contributed by atoms with E-state index in [0.717, 1.165) is 11.8 Å². The van der Waals surface area contributed by atoms with Crippen LogP contribution in [-0.2, 0) is 4.79 Å². The Bertz CT molecular complexity index is 920. The van der Waals surface area contributed by atoms with Crippen LogP contribution < -0.4 is 18.9 Å². The molecule has 0 N–H and O–H groups in total. The molecule has 0 spiro atoms. The van der Waals surface area contributed by atoms with Crippen molar-refractivity contribution in [1.29, 1.82) is 0 Å². The van der Waals surface area contributed by atoms with Crippen molar-refractivity contribution in [2.45, 2.75) is 0 Å². The van der Waals surface area contributed by atoms with Crippen LogP contribution in [0.25, 0.3) is 6.08 Å². The fraction of sp³-hybridized carbons (Fsp3) is 0.238. The van der Waals surface area contributed by atoms with Gasteiger partial charge in [0, 0.05) is 6.07 Å². The number of thioether (sulfide) groups is 1. The lowest BCUT2D eigenvalue weighted by atomic mass is 10.2. The lowest BCUT2D eigenvalue weighted by Gasteiger charge is -2.14. The zero-order valence-corrected chi connectivity index (χ0v) is 17.2. The molecule has 0 saturated carbocycles. The van der Waals surface area contributed by atoms with Crippen molar-refractivity contribution in [3.63, 3.8) is 0 Å². The predicted molar refractivity (Wildman–Crippen MR) is 111 cm³/mol. The molecule has 0 radical (unpaired) electrons. The Balaban J connectivity index is 1.69. The molecule has 2 aromatic carbocycles. The van der Waals surface area contributed by atoms with E-state index in [1.54, 1.807) is 57.7 Å². The minimum atomic E-state index is -0.356. The van der Waals surface area contributed by atoms with Crippen LogP contribution in [0.15, 0.2) is 47.4 Å². The molecule has 1 aliphatic heterocycles. The van der Waals surface area contributed by atoms with Gasteiger partial charge in [-0.3, -0.25) is 14.5 Å². The van der Waals surface area contributed by atoms with Crippen LogP contribution in [0.1, 0.15) is 5.56 Å². The van der Waals surface area contributed by atoms with Crippen LogP contribution in [-0.4, -0.2) is 50.5 Å². The summed E-state index contributed by atoms with van der Waals surface area (Å²) in [5.41, 5.74) is 0.706. The van der Waals surface area contributed by atoms with Gasteiger partial charge in [0.15, 0.2) is 11.5 Å². The number of ether oxygens (including phenoxy) is 4. The van der Waals surface area contributed by atoms with E-state index in [4.69, 9.17) is 18.9 Å². The SMILES string of the molecule is COc1cc(/C=C2\SC(=O)N(CCOc3ccccc3OC)C2=O)cc(OC)c1. The molecule has 152 valence electrons. The van der Waals surface area contributed by atoms with Crippen molar-refractivity contribution in [2.24, 2.45) is 0 Å². The molecular weight excluding hydrogens is 394 g/mol. The molecule has 2 aromatic rings. The smallest absolute Gasteiger partial charge is 0.293 e. The van der Waals surface area contributed by atoms with Crippen molar-refractivity contribution in [1.82, 2.24) is 4.90 Å². The summed E-state index contributed by atoms with van der Waals surface area (Å²) in [7, 11) is 4.65. The number of amides is 2. The van der Waals surface area contributed by atoms with Gasteiger partial charge in [0.1, 0.15) is 18.1 Å². The highest BCUT2D eigenvalue weighted by Gasteiger charge is 2.34. The number of methoxy groups -OCH3 is 3. The number of nitrogens with zero attached hydrogens (tertiary/aromatic N) is 1. The molecule has 8 heteroatoms. The van der Waals surface area contributed by atoms with E-state index >= 15 is 0 Å². The summed E-state index contributed by atoms with van der Waals surface area (Å²) in [4.78, 5) is 26.5. The van der Waals surface area contributed by atoms with E-state index in [1.165, 1.54) is 4.90 Å². The zero-order chi connectivity index (χ0) is 20.8. The molecule has 2 amide bonds. The van der Waals surface area contributed by atoms with E-state index in [1.807, 2.05) is 12.1 Å². The highest BCUT2D eigenvalue weighted by Crippen LogP contribution is 2.34. The molecule has 1 aliphatic rings. The van der Waals surface area contributed by atoms with Gasteiger partial charge >= 0.3 is 0 Å². The third-order valence-corrected chi connectivity index (χ3v) is 5.09. The second-order valence-corrected chi connectivity index (χ2v) is 6.97. The van der Waals surface area contributed by atoms with Crippen LogP contribution in [0.4, 0.5) is 4.79 Å². The van der Waals surface area contributed by atoms with Crippen molar-refractivity contribution < 1.29 is 28.5 Å². The molecule has 1 heterocycles. The van der Waals surface area contributed by atoms with Crippen molar-refractivity contribution in [2.75, 3.05) is 34.5 Å². The zero-order valence-electron chi connectivity index (χ0n) is 16.3. The molecule has 7 nitrogen and oxygen atoms in total. The fourth-order valence-electron chi connectivity index (χ4n) is 2.74. The topological polar surface area (TPSA) is 74.3 Å². The second-order valence-electron chi connectivity index (χ2n) is 5.98. The van der Waals surface area contributed by atoms with Crippen molar-refractivity contribution in [3.8, 4) is 23.0 Å². The van der Waals surface area contributed by atoms with Crippen LogP contribution in [0.5, 0.6) is 23.0 Å². The molecule has 0 atom stereocenters. The maximum absolute atomic E-state index is 12.7. The van der Waals surface area contributed by atoms with Crippen molar-refractivity contribution in [3.05, 3.63) is 52.9 Å². The van der Waals surface area contributed by atoms with E-state index in [0.29, 0.717) is 33.5 Å². The number of carbonyl (C=O) groups excluding carboxylic acids is 2. The number of rotatable bonds is 8. The summed E-state index contributed by atoms with van der Waals surface area (Å²) < 4.78 is 21.4. The Morgan fingerprint density at radius 3 is 2.21 bits per heavy atom. The largest absolute Gasteiger partial charge is 0.497 e. The molecule has 0 bridgehead atoms. The Morgan fingerprint density at radius 2 is 1.59 bits per heavy atom. The highest BCUT2D eigenvalue weighted by atomic mass is 32.2. The summed E-state index contributed by atoms with van der Waals surface area (Å²) in [5, 5.41) is -0.334. The average molecular weight is 415 g/mol. The minimum absolute atomic E-state index is 0.140. The number of carbonyl (C=O) groups is 2. The van der Waals surface area contributed by atoms with Gasteiger partial charge in [-0.25, -0.2) is 0 Å². The summed E-state index contributed by atoms with van der Waals surface area (Å²) in [5.74, 6) is 1.99. The molecule has 1 fully saturated rings. The van der Waals surface area contributed by atoms with Gasteiger partial charge in [-0.05, 0) is 47.7 Å². The monoisotopic (exact) mass is 415 g/mol. The summed E-state index contributed by atoms with van der Waals surface area (Å²) in [6.45, 7) is 0.306. The first-order chi connectivity index (χ1) is 14.0. The number of imide groups is 1. The molecule has 0 unspecified atom stereocenters. The van der Waals surface area contributed by atoms with Crippen LogP contribution in [0.2, 0.25) is 0 Å². The minimum Gasteiger partial charge on any atom is -0.497 e. The van der Waals surface area contributed by atoms with Crippen molar-refractivity contribution >= 4 is 29.0 Å². The lowest BCUT2D eigenvalue weighted by Crippen LogP contribution is -2.32. The van der Waals surface area contributed by atoms with E-state index in [-0.39, 0.29) is 24.3 Å². The Labute approximate surface area is 173 Å². The first kappa shape index (κ1) is 20.6. The molecule has 0 aromatic heterocycles. The van der Waals surface area contributed by atoms with Gasteiger partial charge in [-0.2, -0.15) is 0 Å². The molecule has 29 heavy (non-hydrogen) atoms. The summed E-state index contributed by atoms with van der Waals surface area (Å²) >= 11 is 0.894. The van der Waals surface area contributed by atoms with Crippen LogP contribution in [0.3, 0.4) is 0 Å². The van der Waals surface area contributed by atoms with E-state index in [9.17, 15) is 9.59 Å². The predicted octanol–water partition coefficient (Wildman–Crippen LogP) is 3.83. The first-order valence-electron chi connectivity index (χ1n) is 8.80. The maximum Gasteiger partial charge on any atom is 0.293 e. The second kappa shape index (κ2) is 9.38. The summed E-state index contributed by atoms with van der Waals surface area (Å²) in [6, 6.07) is 12.5. The number of hydrogen-bond donors (Lipinski definition) is 0. The third-order valence-electron chi connectivity index (χ3n) is 4.19. The highest BCUT2D eigenvalue weighted by molar-refractivity contribution is 8.18. The number of hydrogen-bond acceptors (Lipinski definition) is 7. The molecule has 1 saturated heterocycles. The Morgan fingerprint density at radius 1 is 0.931 bits per heavy atom. The third kappa shape index (κ3) is 4.83. The lowest BCUT2D eigenvalue weighted by molar-refractivity contribution is -0.123. The van der Waals surface area contributed by atoms with E-state index in [2.05, 4.69) is 0 Å². The quantitative estimate of drug-likeness (QED) is 0.607. The van der Waals surface area contributed by atoms with Gasteiger partial charge < -0.3 is 18.9 Å². The average Bonchev–Trinajstić information content (AvgIpc) is 3.00. The van der Waals surface area contributed by atoms with E-state index < -0.39 is 0 Å². The number of para-hydroxylation sites is 2. The van der Waals surface area contributed by atoms with Crippen LogP contribution >= 0.6 is 11.8 Å². The molecule has 3 rings (SSSR count). The Hall–Kier alpha value is -3.13. The summed E-state index contributed by atoms with van der Waals surface area (Å²) in [6.07, 6.45) is 1.65. The molecule has 0 aliphatic carbocycles. The Kier molecular flexibility index (Phi) is 6.66. The van der Waals surface area contributed by atoms with Gasteiger partial charge in [0.25, 0.3) is 11.1 Å². The van der Waals surface area contributed by atoms with Gasteiger partial charge in [0.2, 0.25) is 0 Å². The molecular formula is C21H21NO6S. The van der Waals surface area contributed by atoms with Gasteiger partial charge in [-0.1, -0.05) is 12.1 Å². The van der Waals surface area contributed by atoms with Gasteiger partial charge in [0.05, 0.1) is 32.8 Å². The number of benzene rings is 2. The van der Waals surface area contributed by atoms with Gasteiger partial charge in [-0.15, -0.1) is 0 Å². The first-order valence-corrected chi connectivity index (χ1v) is 9.61. The fourth-order valence-corrected chi connectivity index (χ4v) is 3.61. The van der Waals surface area contributed by atoms with Crippen LogP contribution in [0, 0.1) is 0 Å². The maximum atomic E-state index is 12.7. The normalized spacial score (nSPS) is 15.0. The standard InChI is InChI=1S/C21H21NO6S/c1-25-15-10-14(11-16(13-15)26-2)12-19-20(23)22(21(24)29-19)8-9-28-18-7-5-4-6-17(18)27-3/h4-7,10-13H,8-9H2,1-3H3/b19-12-.